The van der Waals surface area contributed by atoms with E-state index in [9.17, 15) is 4.79 Å². The molecule has 0 aliphatic carbocycles. The first-order valence-corrected chi connectivity index (χ1v) is 7.19. The number of rotatable bonds is 4. The number of carbonyl (C=O) groups is 1. The molecule has 0 amide bonds. The van der Waals surface area contributed by atoms with Crippen molar-refractivity contribution >= 4 is 28.9 Å². The summed E-state index contributed by atoms with van der Waals surface area (Å²) in [5.41, 5.74) is 0.898. The zero-order chi connectivity index (χ0) is 15.6. The molecule has 2 rings (SSSR count). The Kier molecular flexibility index (Phi) is 4.69. The van der Waals surface area contributed by atoms with E-state index in [4.69, 9.17) is 25.8 Å². The van der Waals surface area contributed by atoms with E-state index in [1.807, 2.05) is 6.92 Å². The fourth-order valence-corrected chi connectivity index (χ4v) is 3.23. The van der Waals surface area contributed by atoms with Crippen molar-refractivity contribution in [1.29, 1.82) is 0 Å². The number of methoxy groups -OCH3 is 3. The molecule has 0 bridgehead atoms. The summed E-state index contributed by atoms with van der Waals surface area (Å²) in [6.45, 7) is 1.81. The second-order valence-electron chi connectivity index (χ2n) is 4.06. The third-order valence-electron chi connectivity index (χ3n) is 2.84. The SMILES string of the molecule is COC(=O)c1nc(C)sc1-c1ccc(OC)c(OC)c1Cl. The van der Waals surface area contributed by atoms with Gasteiger partial charge in [-0.05, 0) is 19.1 Å². The fourth-order valence-electron chi connectivity index (χ4n) is 1.91. The number of halogens is 1. The molecule has 21 heavy (non-hydrogen) atoms. The number of ether oxygens (including phenoxy) is 3. The molecular formula is C14H14ClNO4S. The lowest BCUT2D eigenvalue weighted by Crippen LogP contribution is -2.03. The van der Waals surface area contributed by atoms with Crippen LogP contribution in [0.25, 0.3) is 10.4 Å². The van der Waals surface area contributed by atoms with Crippen LogP contribution >= 0.6 is 22.9 Å². The minimum atomic E-state index is -0.500. The van der Waals surface area contributed by atoms with Crippen LogP contribution in [0.1, 0.15) is 15.5 Å². The van der Waals surface area contributed by atoms with Crippen molar-refractivity contribution in [2.24, 2.45) is 0 Å². The Hall–Kier alpha value is -1.79. The van der Waals surface area contributed by atoms with Crippen molar-refractivity contribution in [3.63, 3.8) is 0 Å². The number of nitrogens with zero attached hydrogens (tertiary/aromatic N) is 1. The highest BCUT2D eigenvalue weighted by molar-refractivity contribution is 7.15. The molecule has 7 heteroatoms. The van der Waals surface area contributed by atoms with E-state index in [2.05, 4.69) is 4.98 Å². The predicted octanol–water partition coefficient (Wildman–Crippen LogP) is 3.58. The first kappa shape index (κ1) is 15.6. The number of carbonyl (C=O) groups excluding carboxylic acids is 1. The lowest BCUT2D eigenvalue weighted by atomic mass is 10.1. The van der Waals surface area contributed by atoms with E-state index >= 15 is 0 Å². The maximum absolute atomic E-state index is 11.8. The Bertz CT molecular complexity index is 684. The first-order valence-electron chi connectivity index (χ1n) is 6.00. The monoisotopic (exact) mass is 327 g/mol. The van der Waals surface area contributed by atoms with Gasteiger partial charge in [-0.2, -0.15) is 0 Å². The summed E-state index contributed by atoms with van der Waals surface area (Å²) in [6, 6.07) is 3.50. The van der Waals surface area contributed by atoms with Gasteiger partial charge in [0.1, 0.15) is 0 Å². The van der Waals surface area contributed by atoms with Crippen LogP contribution in [0, 0.1) is 6.92 Å². The van der Waals surface area contributed by atoms with E-state index < -0.39 is 5.97 Å². The van der Waals surface area contributed by atoms with Crippen LogP contribution in [0.5, 0.6) is 11.5 Å². The maximum atomic E-state index is 11.8. The highest BCUT2D eigenvalue weighted by atomic mass is 35.5. The summed E-state index contributed by atoms with van der Waals surface area (Å²) in [4.78, 5) is 16.7. The van der Waals surface area contributed by atoms with Crippen molar-refractivity contribution < 1.29 is 19.0 Å². The fraction of sp³-hybridized carbons (Fsp3) is 0.286. The average molecular weight is 328 g/mol. The Morgan fingerprint density at radius 1 is 1.24 bits per heavy atom. The van der Waals surface area contributed by atoms with Crippen LogP contribution in [0.4, 0.5) is 0 Å². The van der Waals surface area contributed by atoms with Crippen LogP contribution in [0.2, 0.25) is 5.02 Å². The Morgan fingerprint density at radius 3 is 2.52 bits per heavy atom. The molecule has 0 saturated heterocycles. The molecule has 0 fully saturated rings. The lowest BCUT2D eigenvalue weighted by molar-refractivity contribution is 0.0595. The second kappa shape index (κ2) is 6.32. The number of esters is 1. The Balaban J connectivity index is 2.65. The smallest absolute Gasteiger partial charge is 0.358 e. The van der Waals surface area contributed by atoms with Gasteiger partial charge in [0.15, 0.2) is 17.2 Å². The molecule has 0 saturated carbocycles. The summed E-state index contributed by atoms with van der Waals surface area (Å²) >= 11 is 7.74. The molecule has 0 aliphatic heterocycles. The molecule has 1 heterocycles. The van der Waals surface area contributed by atoms with Gasteiger partial charge >= 0.3 is 5.97 Å². The summed E-state index contributed by atoms with van der Waals surface area (Å²) in [6.07, 6.45) is 0. The highest BCUT2D eigenvalue weighted by Crippen LogP contribution is 2.44. The molecule has 0 radical (unpaired) electrons. The van der Waals surface area contributed by atoms with Gasteiger partial charge in [0.25, 0.3) is 0 Å². The summed E-state index contributed by atoms with van der Waals surface area (Å²) in [7, 11) is 4.36. The molecule has 0 spiro atoms. The van der Waals surface area contributed by atoms with Crippen molar-refractivity contribution in [3.05, 3.63) is 27.9 Å². The molecule has 1 aromatic carbocycles. The molecule has 112 valence electrons. The van der Waals surface area contributed by atoms with Gasteiger partial charge in [0.05, 0.1) is 36.2 Å². The molecular weight excluding hydrogens is 314 g/mol. The topological polar surface area (TPSA) is 57.7 Å². The molecule has 0 N–H and O–H groups in total. The van der Waals surface area contributed by atoms with Crippen molar-refractivity contribution in [3.8, 4) is 21.9 Å². The molecule has 2 aromatic rings. The van der Waals surface area contributed by atoms with Gasteiger partial charge in [-0.25, -0.2) is 9.78 Å². The zero-order valence-electron chi connectivity index (χ0n) is 12.0. The quantitative estimate of drug-likeness (QED) is 0.803. The van der Waals surface area contributed by atoms with Crippen LogP contribution in [-0.2, 0) is 4.74 Å². The number of hydrogen-bond donors (Lipinski definition) is 0. The van der Waals surface area contributed by atoms with Gasteiger partial charge < -0.3 is 14.2 Å². The van der Waals surface area contributed by atoms with E-state index in [1.165, 1.54) is 32.7 Å². The molecule has 0 atom stereocenters. The normalized spacial score (nSPS) is 10.3. The van der Waals surface area contributed by atoms with Gasteiger partial charge in [0.2, 0.25) is 0 Å². The van der Waals surface area contributed by atoms with Gasteiger partial charge in [-0.1, -0.05) is 11.6 Å². The van der Waals surface area contributed by atoms with E-state index in [0.29, 0.717) is 27.0 Å². The number of aryl methyl sites for hydroxylation is 1. The minimum absolute atomic E-state index is 0.245. The van der Waals surface area contributed by atoms with E-state index in [1.54, 1.807) is 12.1 Å². The predicted molar refractivity (Wildman–Crippen MR) is 81.7 cm³/mol. The summed E-state index contributed by atoms with van der Waals surface area (Å²) < 4.78 is 15.2. The van der Waals surface area contributed by atoms with Crippen LogP contribution < -0.4 is 9.47 Å². The third-order valence-corrected chi connectivity index (χ3v) is 4.22. The minimum Gasteiger partial charge on any atom is -0.493 e. The second-order valence-corrected chi connectivity index (χ2v) is 5.65. The third kappa shape index (κ3) is 2.82. The number of hydrogen-bond acceptors (Lipinski definition) is 6. The number of benzene rings is 1. The van der Waals surface area contributed by atoms with Crippen molar-refractivity contribution in [2.75, 3.05) is 21.3 Å². The first-order chi connectivity index (χ1) is 10.0. The maximum Gasteiger partial charge on any atom is 0.358 e. The van der Waals surface area contributed by atoms with Gasteiger partial charge in [-0.3, -0.25) is 0 Å². The molecule has 0 unspecified atom stereocenters. The molecule has 0 aliphatic rings. The van der Waals surface area contributed by atoms with E-state index in [-0.39, 0.29) is 5.69 Å². The highest BCUT2D eigenvalue weighted by Gasteiger charge is 2.23. The molecule has 1 aromatic heterocycles. The van der Waals surface area contributed by atoms with Crippen molar-refractivity contribution in [1.82, 2.24) is 4.98 Å². The Labute approximate surface area is 131 Å². The van der Waals surface area contributed by atoms with Crippen LogP contribution in [0.3, 0.4) is 0 Å². The van der Waals surface area contributed by atoms with Gasteiger partial charge in [-0.15, -0.1) is 11.3 Å². The largest absolute Gasteiger partial charge is 0.493 e. The standard InChI is InChI=1S/C14H14ClNO4S/c1-7-16-11(14(17)20-4)13(21-7)8-5-6-9(18-2)12(19-3)10(8)15/h5-6H,1-4H3. The number of thiazole rings is 1. The van der Waals surface area contributed by atoms with Crippen molar-refractivity contribution in [2.45, 2.75) is 6.92 Å². The summed E-state index contributed by atoms with van der Waals surface area (Å²) in [5, 5.41) is 1.11. The van der Waals surface area contributed by atoms with Crippen LogP contribution in [0.15, 0.2) is 12.1 Å². The molecule has 5 nitrogen and oxygen atoms in total. The summed E-state index contributed by atoms with van der Waals surface area (Å²) in [5.74, 6) is 0.436. The number of aromatic nitrogens is 1. The van der Waals surface area contributed by atoms with E-state index in [0.717, 1.165) is 5.01 Å². The van der Waals surface area contributed by atoms with Gasteiger partial charge in [0, 0.05) is 5.56 Å². The zero-order valence-corrected chi connectivity index (χ0v) is 13.6. The lowest BCUT2D eigenvalue weighted by Gasteiger charge is -2.12. The van der Waals surface area contributed by atoms with Crippen LogP contribution in [-0.4, -0.2) is 32.3 Å². The Morgan fingerprint density at radius 2 is 1.95 bits per heavy atom. The average Bonchev–Trinajstić information content (AvgIpc) is 2.87.